The fourth-order valence-corrected chi connectivity index (χ4v) is 3.67. The molecule has 0 radical (unpaired) electrons. The van der Waals surface area contributed by atoms with Crippen molar-refractivity contribution in [3.05, 3.63) is 34.3 Å². The minimum atomic E-state index is -0.322. The Labute approximate surface area is 157 Å². The Morgan fingerprint density at radius 2 is 1.96 bits per heavy atom. The van der Waals surface area contributed by atoms with E-state index in [9.17, 15) is 9.59 Å². The van der Waals surface area contributed by atoms with E-state index in [1.54, 1.807) is 17.0 Å². The molecule has 24 heavy (non-hydrogen) atoms. The third kappa shape index (κ3) is 3.92. The Bertz CT molecular complexity index is 590. The third-order valence-corrected chi connectivity index (χ3v) is 5.35. The lowest BCUT2D eigenvalue weighted by molar-refractivity contribution is -0.135. The highest BCUT2D eigenvalue weighted by Gasteiger charge is 2.38. The average molecular weight is 417 g/mol. The Balaban J connectivity index is 0.00000208. The van der Waals surface area contributed by atoms with E-state index < -0.39 is 0 Å². The quantitative estimate of drug-likeness (QED) is 0.822. The largest absolute Gasteiger partial charge is 0.340 e. The molecular formula is C17H23BrClN3O2. The standard InChI is InChI=1S/C17H22BrN3O2.ClH/c1-20(14-8-9-19-11-14)17(23)15-3-2-10-21(15)16(22)12-4-6-13(18)7-5-12;/h4-7,14-15,19H,2-3,8-11H2,1H3;1H. The van der Waals surface area contributed by atoms with Crippen molar-refractivity contribution in [3.8, 4) is 0 Å². The molecule has 2 aliphatic rings. The summed E-state index contributed by atoms with van der Waals surface area (Å²) >= 11 is 3.38. The summed E-state index contributed by atoms with van der Waals surface area (Å²) in [6, 6.07) is 7.24. The van der Waals surface area contributed by atoms with Gasteiger partial charge < -0.3 is 15.1 Å². The summed E-state index contributed by atoms with van der Waals surface area (Å²) in [5.41, 5.74) is 0.637. The number of amides is 2. The Morgan fingerprint density at radius 1 is 1.25 bits per heavy atom. The topological polar surface area (TPSA) is 52.7 Å². The Kier molecular flexibility index (Phi) is 6.66. The molecule has 0 spiro atoms. The Morgan fingerprint density at radius 3 is 2.58 bits per heavy atom. The zero-order valence-corrected chi connectivity index (χ0v) is 16.1. The zero-order valence-electron chi connectivity index (χ0n) is 13.7. The van der Waals surface area contributed by atoms with Crippen LogP contribution in [0.5, 0.6) is 0 Å². The van der Waals surface area contributed by atoms with Crippen molar-refractivity contribution in [2.24, 2.45) is 0 Å². The molecule has 0 aliphatic carbocycles. The highest BCUT2D eigenvalue weighted by molar-refractivity contribution is 9.10. The number of halogens is 2. The van der Waals surface area contributed by atoms with Crippen LogP contribution in [0.1, 0.15) is 29.6 Å². The van der Waals surface area contributed by atoms with Crippen LogP contribution in [0, 0.1) is 0 Å². The van der Waals surface area contributed by atoms with E-state index in [4.69, 9.17) is 0 Å². The van der Waals surface area contributed by atoms with Gasteiger partial charge in [0.2, 0.25) is 5.91 Å². The summed E-state index contributed by atoms with van der Waals surface area (Å²) in [5, 5.41) is 3.28. The average Bonchev–Trinajstić information content (AvgIpc) is 3.24. The van der Waals surface area contributed by atoms with Crippen LogP contribution in [0.25, 0.3) is 0 Å². The van der Waals surface area contributed by atoms with Crippen molar-refractivity contribution in [3.63, 3.8) is 0 Å². The first-order valence-electron chi connectivity index (χ1n) is 8.12. The molecule has 1 N–H and O–H groups in total. The number of hydrogen-bond acceptors (Lipinski definition) is 3. The summed E-state index contributed by atoms with van der Waals surface area (Å²) in [6.45, 7) is 2.45. The number of nitrogens with one attached hydrogen (secondary N) is 1. The molecule has 7 heteroatoms. The fraction of sp³-hybridized carbons (Fsp3) is 0.529. The van der Waals surface area contributed by atoms with E-state index in [0.717, 1.165) is 36.8 Å². The lowest BCUT2D eigenvalue weighted by atomic mass is 10.1. The van der Waals surface area contributed by atoms with Crippen molar-refractivity contribution in [2.45, 2.75) is 31.3 Å². The minimum absolute atomic E-state index is 0. The van der Waals surface area contributed by atoms with Crippen LogP contribution in [0.2, 0.25) is 0 Å². The predicted molar refractivity (Wildman–Crippen MR) is 99.5 cm³/mol. The number of carbonyl (C=O) groups excluding carboxylic acids is 2. The second-order valence-corrected chi connectivity index (χ2v) is 7.17. The highest BCUT2D eigenvalue weighted by atomic mass is 79.9. The van der Waals surface area contributed by atoms with Gasteiger partial charge in [-0.3, -0.25) is 9.59 Å². The summed E-state index contributed by atoms with van der Waals surface area (Å²) in [4.78, 5) is 29.1. The SMILES string of the molecule is CN(C(=O)C1CCCN1C(=O)c1ccc(Br)cc1)C1CCNC1.Cl. The maximum atomic E-state index is 12.8. The first-order valence-corrected chi connectivity index (χ1v) is 8.91. The molecule has 2 atom stereocenters. The van der Waals surface area contributed by atoms with Crippen molar-refractivity contribution in [1.82, 2.24) is 15.1 Å². The normalized spacial score (nSPS) is 23.0. The summed E-state index contributed by atoms with van der Waals surface area (Å²) < 4.78 is 0.941. The minimum Gasteiger partial charge on any atom is -0.340 e. The molecular weight excluding hydrogens is 394 g/mol. The smallest absolute Gasteiger partial charge is 0.254 e. The number of nitrogens with zero attached hydrogens (tertiary/aromatic N) is 2. The molecule has 132 valence electrons. The van der Waals surface area contributed by atoms with Crippen LogP contribution in [-0.2, 0) is 4.79 Å². The molecule has 5 nitrogen and oxygen atoms in total. The molecule has 2 heterocycles. The Hall–Kier alpha value is -1.11. The van der Waals surface area contributed by atoms with Crippen molar-refractivity contribution in [2.75, 3.05) is 26.7 Å². The number of carbonyl (C=O) groups is 2. The van der Waals surface area contributed by atoms with E-state index in [2.05, 4.69) is 21.2 Å². The molecule has 1 aromatic carbocycles. The van der Waals surface area contributed by atoms with Crippen molar-refractivity contribution in [1.29, 1.82) is 0 Å². The number of likely N-dealkylation sites (N-methyl/N-ethyl adjacent to an activating group) is 1. The van der Waals surface area contributed by atoms with Gasteiger partial charge in [-0.05, 0) is 50.1 Å². The molecule has 2 aliphatic heterocycles. The van der Waals surface area contributed by atoms with Gasteiger partial charge in [-0.25, -0.2) is 0 Å². The molecule has 2 saturated heterocycles. The monoisotopic (exact) mass is 415 g/mol. The maximum absolute atomic E-state index is 12.8. The lowest BCUT2D eigenvalue weighted by Gasteiger charge is -2.31. The van der Waals surface area contributed by atoms with Crippen molar-refractivity contribution >= 4 is 40.2 Å². The van der Waals surface area contributed by atoms with Crippen LogP contribution in [0.3, 0.4) is 0 Å². The predicted octanol–water partition coefficient (Wildman–Crippen LogP) is 2.30. The van der Waals surface area contributed by atoms with Gasteiger partial charge in [0.15, 0.2) is 0 Å². The van der Waals surface area contributed by atoms with Crippen LogP contribution < -0.4 is 5.32 Å². The van der Waals surface area contributed by atoms with Crippen molar-refractivity contribution < 1.29 is 9.59 Å². The van der Waals surface area contributed by atoms with Gasteiger partial charge in [0.05, 0.1) is 0 Å². The first-order chi connectivity index (χ1) is 11.1. The number of rotatable bonds is 3. The number of benzene rings is 1. The molecule has 1 aromatic rings. The van der Waals surface area contributed by atoms with Gasteiger partial charge in [-0.15, -0.1) is 12.4 Å². The van der Waals surface area contributed by atoms with Gasteiger partial charge in [0.1, 0.15) is 6.04 Å². The second-order valence-electron chi connectivity index (χ2n) is 6.26. The van der Waals surface area contributed by atoms with Gasteiger partial charge in [-0.1, -0.05) is 15.9 Å². The zero-order chi connectivity index (χ0) is 16.4. The second kappa shape index (κ2) is 8.32. The highest BCUT2D eigenvalue weighted by Crippen LogP contribution is 2.23. The van der Waals surface area contributed by atoms with Gasteiger partial charge in [-0.2, -0.15) is 0 Å². The van der Waals surface area contributed by atoms with E-state index in [0.29, 0.717) is 12.1 Å². The molecule has 2 fully saturated rings. The molecule has 0 aromatic heterocycles. The van der Waals surface area contributed by atoms with Gasteiger partial charge in [0, 0.05) is 36.2 Å². The van der Waals surface area contributed by atoms with E-state index in [-0.39, 0.29) is 36.3 Å². The summed E-state index contributed by atoms with van der Waals surface area (Å²) in [7, 11) is 1.86. The lowest BCUT2D eigenvalue weighted by Crippen LogP contribution is -2.50. The first kappa shape index (κ1) is 19.2. The van der Waals surface area contributed by atoms with E-state index >= 15 is 0 Å². The van der Waals surface area contributed by atoms with E-state index in [1.165, 1.54) is 0 Å². The number of likely N-dealkylation sites (tertiary alicyclic amines) is 1. The van der Waals surface area contributed by atoms with Crippen LogP contribution in [0.15, 0.2) is 28.7 Å². The van der Waals surface area contributed by atoms with Crippen LogP contribution in [-0.4, -0.2) is 60.4 Å². The van der Waals surface area contributed by atoms with Gasteiger partial charge in [0.25, 0.3) is 5.91 Å². The van der Waals surface area contributed by atoms with E-state index in [1.807, 2.05) is 24.1 Å². The molecule has 3 rings (SSSR count). The fourth-order valence-electron chi connectivity index (χ4n) is 3.41. The molecule has 0 bridgehead atoms. The van der Waals surface area contributed by atoms with Crippen LogP contribution >= 0.6 is 28.3 Å². The molecule has 0 saturated carbocycles. The molecule has 2 unspecified atom stereocenters. The molecule has 2 amide bonds. The third-order valence-electron chi connectivity index (χ3n) is 4.82. The summed E-state index contributed by atoms with van der Waals surface area (Å²) in [5.74, 6) is 0.0213. The summed E-state index contributed by atoms with van der Waals surface area (Å²) in [6.07, 6.45) is 2.62. The number of hydrogen-bond donors (Lipinski definition) is 1. The van der Waals surface area contributed by atoms with Crippen LogP contribution in [0.4, 0.5) is 0 Å². The maximum Gasteiger partial charge on any atom is 0.254 e. The van der Waals surface area contributed by atoms with Gasteiger partial charge >= 0.3 is 0 Å².